The van der Waals surface area contributed by atoms with Crippen LogP contribution < -0.4 is 4.74 Å². The van der Waals surface area contributed by atoms with Crippen molar-refractivity contribution in [3.8, 4) is 5.95 Å². The molecule has 0 spiro atoms. The van der Waals surface area contributed by atoms with Crippen LogP contribution in [0.3, 0.4) is 0 Å². The van der Waals surface area contributed by atoms with Gasteiger partial charge in [0.05, 0.1) is 12.0 Å². The van der Waals surface area contributed by atoms with Gasteiger partial charge in [-0.05, 0) is 11.6 Å². The molecule has 1 atom stereocenters. The second kappa shape index (κ2) is 6.04. The number of rotatable bonds is 6. The number of hydrogen-bond donors (Lipinski definition) is 0. The Kier molecular flexibility index (Phi) is 4.17. The van der Waals surface area contributed by atoms with Crippen molar-refractivity contribution in [3.63, 3.8) is 0 Å². The van der Waals surface area contributed by atoms with E-state index in [1.807, 2.05) is 0 Å². The molecule has 0 saturated heterocycles. The maximum absolute atomic E-state index is 10.8. The third kappa shape index (κ3) is 3.35. The van der Waals surface area contributed by atoms with Crippen LogP contribution in [0.5, 0.6) is 5.95 Å². The number of hydrogen-bond acceptors (Lipinski definition) is 6. The van der Waals surface area contributed by atoms with Crippen LogP contribution in [0.1, 0.15) is 17.2 Å². The summed E-state index contributed by atoms with van der Waals surface area (Å²) >= 11 is 0. The van der Waals surface area contributed by atoms with Crippen molar-refractivity contribution < 1.29 is 19.0 Å². The summed E-state index contributed by atoms with van der Waals surface area (Å²) < 4.78 is 10.3. The van der Waals surface area contributed by atoms with Crippen molar-refractivity contribution in [1.82, 2.24) is 0 Å². The van der Waals surface area contributed by atoms with Gasteiger partial charge in [-0.15, -0.1) is 0 Å². The number of nitro groups is 2. The fourth-order valence-electron chi connectivity index (χ4n) is 1.97. The number of benzene rings is 1. The molecule has 110 valence electrons. The van der Waals surface area contributed by atoms with Crippen LogP contribution in [-0.2, 0) is 0 Å². The summed E-state index contributed by atoms with van der Waals surface area (Å²) in [6.45, 7) is -0.380. The van der Waals surface area contributed by atoms with Gasteiger partial charge in [0.2, 0.25) is 6.54 Å². The van der Waals surface area contributed by atoms with E-state index in [1.165, 1.54) is 31.4 Å². The molecule has 0 fully saturated rings. The highest BCUT2D eigenvalue weighted by molar-refractivity contribution is 5.37. The SMILES string of the molecule is COc1ccc([C@H](C[N+](=O)[O-])c2ccc([N+](=O)[O-])cc2)o1. The summed E-state index contributed by atoms with van der Waals surface area (Å²) in [7, 11) is 1.43. The van der Waals surface area contributed by atoms with Crippen LogP contribution >= 0.6 is 0 Å². The number of ether oxygens (including phenoxy) is 1. The average Bonchev–Trinajstić information content (AvgIpc) is 2.93. The van der Waals surface area contributed by atoms with Crippen LogP contribution in [0.4, 0.5) is 5.69 Å². The van der Waals surface area contributed by atoms with Crippen LogP contribution in [0.15, 0.2) is 40.8 Å². The molecular weight excluding hydrogens is 280 g/mol. The quantitative estimate of drug-likeness (QED) is 0.598. The van der Waals surface area contributed by atoms with Gasteiger partial charge in [-0.2, -0.15) is 0 Å². The molecule has 8 nitrogen and oxygen atoms in total. The predicted molar refractivity (Wildman–Crippen MR) is 72.1 cm³/mol. The molecule has 1 aromatic carbocycles. The van der Waals surface area contributed by atoms with Crippen molar-refractivity contribution in [1.29, 1.82) is 0 Å². The van der Waals surface area contributed by atoms with E-state index in [0.29, 0.717) is 11.3 Å². The zero-order chi connectivity index (χ0) is 15.4. The molecule has 0 aliphatic rings. The Bertz CT molecular complexity index is 649. The minimum atomic E-state index is -0.635. The fourth-order valence-corrected chi connectivity index (χ4v) is 1.97. The first-order valence-corrected chi connectivity index (χ1v) is 6.01. The average molecular weight is 292 g/mol. The largest absolute Gasteiger partial charge is 0.468 e. The second-order valence-corrected chi connectivity index (χ2v) is 4.28. The Balaban J connectivity index is 2.35. The van der Waals surface area contributed by atoms with Gasteiger partial charge in [0.15, 0.2) is 0 Å². The molecule has 1 heterocycles. The monoisotopic (exact) mass is 292 g/mol. The summed E-state index contributed by atoms with van der Waals surface area (Å²) in [4.78, 5) is 20.5. The molecule has 0 radical (unpaired) electrons. The summed E-state index contributed by atoms with van der Waals surface area (Å²) in [5, 5.41) is 21.5. The third-order valence-electron chi connectivity index (χ3n) is 2.98. The van der Waals surface area contributed by atoms with Gasteiger partial charge in [-0.25, -0.2) is 0 Å². The van der Waals surface area contributed by atoms with Gasteiger partial charge in [-0.1, -0.05) is 12.1 Å². The number of non-ortho nitro benzene ring substituents is 1. The third-order valence-corrected chi connectivity index (χ3v) is 2.98. The number of methoxy groups -OCH3 is 1. The van der Waals surface area contributed by atoms with Gasteiger partial charge in [0, 0.05) is 23.1 Å². The van der Waals surface area contributed by atoms with Crippen molar-refractivity contribution in [2.75, 3.05) is 13.7 Å². The summed E-state index contributed by atoms with van der Waals surface area (Å²) in [6.07, 6.45) is 0. The minimum absolute atomic E-state index is 0.0735. The van der Waals surface area contributed by atoms with Crippen molar-refractivity contribution in [2.45, 2.75) is 5.92 Å². The highest BCUT2D eigenvalue weighted by atomic mass is 16.6. The van der Waals surface area contributed by atoms with E-state index in [9.17, 15) is 20.2 Å². The van der Waals surface area contributed by atoms with Gasteiger partial charge < -0.3 is 9.15 Å². The summed E-state index contributed by atoms with van der Waals surface area (Å²) in [6, 6.07) is 8.75. The number of furan rings is 1. The van der Waals surface area contributed by atoms with Crippen molar-refractivity contribution in [2.24, 2.45) is 0 Å². The first-order valence-electron chi connectivity index (χ1n) is 6.01. The topological polar surface area (TPSA) is 109 Å². The predicted octanol–water partition coefficient (Wildman–Crippen LogP) is 2.61. The Hall–Kier alpha value is -2.90. The van der Waals surface area contributed by atoms with E-state index in [1.54, 1.807) is 12.1 Å². The van der Waals surface area contributed by atoms with Gasteiger partial charge >= 0.3 is 0 Å². The lowest BCUT2D eigenvalue weighted by atomic mass is 9.96. The Labute approximate surface area is 119 Å². The molecule has 0 N–H and O–H groups in total. The molecule has 0 unspecified atom stereocenters. The molecule has 0 saturated carbocycles. The lowest BCUT2D eigenvalue weighted by Crippen LogP contribution is -2.13. The Morgan fingerprint density at radius 3 is 2.29 bits per heavy atom. The van der Waals surface area contributed by atoms with Crippen molar-refractivity contribution in [3.05, 3.63) is 68.0 Å². The molecule has 1 aromatic heterocycles. The first kappa shape index (κ1) is 14.5. The van der Waals surface area contributed by atoms with E-state index in [-0.39, 0.29) is 18.2 Å². The van der Waals surface area contributed by atoms with E-state index < -0.39 is 15.8 Å². The smallest absolute Gasteiger partial charge is 0.284 e. The molecule has 2 aromatic rings. The van der Waals surface area contributed by atoms with Gasteiger partial charge in [0.25, 0.3) is 11.6 Å². The van der Waals surface area contributed by atoms with E-state index >= 15 is 0 Å². The molecule has 0 aliphatic heterocycles. The van der Waals surface area contributed by atoms with Gasteiger partial charge in [-0.3, -0.25) is 20.2 Å². The first-order chi connectivity index (χ1) is 10.0. The molecule has 21 heavy (non-hydrogen) atoms. The van der Waals surface area contributed by atoms with Crippen LogP contribution in [-0.4, -0.2) is 23.5 Å². The Morgan fingerprint density at radius 1 is 1.14 bits per heavy atom. The summed E-state index contributed by atoms with van der Waals surface area (Å²) in [5.41, 5.74) is 0.491. The van der Waals surface area contributed by atoms with Crippen LogP contribution in [0.2, 0.25) is 0 Å². The number of nitrogens with zero attached hydrogens (tertiary/aromatic N) is 2. The van der Waals surface area contributed by atoms with Crippen LogP contribution in [0.25, 0.3) is 0 Å². The molecular formula is C13H12N2O6. The number of nitro benzene ring substituents is 1. The lowest BCUT2D eigenvalue weighted by molar-refractivity contribution is -0.482. The molecule has 0 bridgehead atoms. The summed E-state index contributed by atoms with van der Waals surface area (Å²) in [5.74, 6) is -0.0117. The van der Waals surface area contributed by atoms with E-state index in [4.69, 9.17) is 9.15 Å². The highest BCUT2D eigenvalue weighted by Gasteiger charge is 2.24. The maximum Gasteiger partial charge on any atom is 0.284 e. The molecule has 8 heteroatoms. The van der Waals surface area contributed by atoms with E-state index in [0.717, 1.165) is 0 Å². The van der Waals surface area contributed by atoms with Crippen molar-refractivity contribution >= 4 is 5.69 Å². The Morgan fingerprint density at radius 2 is 1.81 bits per heavy atom. The maximum atomic E-state index is 10.8. The second-order valence-electron chi connectivity index (χ2n) is 4.28. The zero-order valence-electron chi connectivity index (χ0n) is 11.1. The van der Waals surface area contributed by atoms with E-state index in [2.05, 4.69) is 0 Å². The minimum Gasteiger partial charge on any atom is -0.468 e. The fraction of sp³-hybridized carbons (Fsp3) is 0.231. The molecule has 0 amide bonds. The van der Waals surface area contributed by atoms with Gasteiger partial charge in [0.1, 0.15) is 11.7 Å². The zero-order valence-corrected chi connectivity index (χ0v) is 11.1. The normalized spacial score (nSPS) is 11.9. The standard InChI is InChI=1S/C13H12N2O6/c1-20-13-7-6-12(21-13)11(8-14(16)17)9-2-4-10(5-3-9)15(18)19/h2-7,11H,8H2,1H3/t11-/m1/s1. The highest BCUT2D eigenvalue weighted by Crippen LogP contribution is 2.30. The van der Waals surface area contributed by atoms with Crippen LogP contribution in [0, 0.1) is 20.2 Å². The lowest BCUT2D eigenvalue weighted by Gasteiger charge is -2.10. The molecule has 0 aliphatic carbocycles. The molecule has 2 rings (SSSR count).